The first-order valence-corrected chi connectivity index (χ1v) is 8.09. The highest BCUT2D eigenvalue weighted by molar-refractivity contribution is 8.00. The number of hydrogen-bond donors (Lipinski definition) is 1. The van der Waals surface area contributed by atoms with Crippen molar-refractivity contribution >= 4 is 17.7 Å². The number of alkyl halides is 3. The summed E-state index contributed by atoms with van der Waals surface area (Å²) in [7, 11) is 0. The molecule has 0 atom stereocenters. The van der Waals surface area contributed by atoms with Crippen LogP contribution in [0.25, 0.3) is 0 Å². The van der Waals surface area contributed by atoms with E-state index in [2.05, 4.69) is 17.1 Å². The van der Waals surface area contributed by atoms with E-state index in [0.29, 0.717) is 12.3 Å². The molecule has 1 aliphatic rings. The summed E-state index contributed by atoms with van der Waals surface area (Å²) in [6.07, 6.45) is 3.59. The second kappa shape index (κ2) is 8.77. The van der Waals surface area contributed by atoms with Crippen LogP contribution >= 0.6 is 11.8 Å². The van der Waals surface area contributed by atoms with Gasteiger partial charge in [0.1, 0.15) is 0 Å². The maximum absolute atomic E-state index is 11.9. The van der Waals surface area contributed by atoms with Crippen LogP contribution < -0.4 is 5.32 Å². The van der Waals surface area contributed by atoms with E-state index >= 15 is 0 Å². The fourth-order valence-electron chi connectivity index (χ4n) is 2.42. The number of nitrogens with one attached hydrogen (secondary N) is 1. The zero-order chi connectivity index (χ0) is 15.0. The molecule has 3 nitrogen and oxygen atoms in total. The quantitative estimate of drug-likeness (QED) is 0.734. The second-order valence-electron chi connectivity index (χ2n) is 5.13. The van der Waals surface area contributed by atoms with Crippen LogP contribution in [0.4, 0.5) is 13.2 Å². The number of hydrogen-bond acceptors (Lipinski definition) is 3. The zero-order valence-corrected chi connectivity index (χ0v) is 12.7. The lowest BCUT2D eigenvalue weighted by Crippen LogP contribution is -2.36. The van der Waals surface area contributed by atoms with Gasteiger partial charge in [0, 0.05) is 18.7 Å². The van der Waals surface area contributed by atoms with E-state index in [-0.39, 0.29) is 30.0 Å². The number of rotatable bonds is 7. The third-order valence-electron chi connectivity index (χ3n) is 3.41. The molecule has 0 aliphatic carbocycles. The fraction of sp³-hybridized carbons (Fsp3) is 0.923. The summed E-state index contributed by atoms with van der Waals surface area (Å²) in [6, 6.07) is 0. The minimum absolute atomic E-state index is 0.0810. The lowest BCUT2D eigenvalue weighted by molar-refractivity contribution is -0.122. The Hall–Kier alpha value is -0.430. The minimum Gasteiger partial charge on any atom is -0.355 e. The van der Waals surface area contributed by atoms with Gasteiger partial charge in [-0.15, -0.1) is 0 Å². The molecule has 0 bridgehead atoms. The van der Waals surface area contributed by atoms with Crippen LogP contribution in [0.1, 0.15) is 32.6 Å². The van der Waals surface area contributed by atoms with Crippen LogP contribution in [0.3, 0.4) is 0 Å². The van der Waals surface area contributed by atoms with Gasteiger partial charge in [-0.3, -0.25) is 4.79 Å². The van der Waals surface area contributed by atoms with Crippen LogP contribution in [0, 0.1) is 5.92 Å². The molecule has 1 aliphatic heterocycles. The Bertz CT molecular complexity index is 292. The summed E-state index contributed by atoms with van der Waals surface area (Å²) >= 11 is -0.0940. The Labute approximate surface area is 122 Å². The SMILES string of the molecule is CCCN1CCC(CC(=O)NCCSC(F)(F)F)CC1. The molecule has 0 aromatic rings. The molecule has 1 heterocycles. The summed E-state index contributed by atoms with van der Waals surface area (Å²) in [5.41, 5.74) is -4.21. The average Bonchev–Trinajstić information content (AvgIpc) is 2.36. The minimum atomic E-state index is -4.21. The third kappa shape index (κ3) is 7.99. The van der Waals surface area contributed by atoms with Gasteiger partial charge in [-0.2, -0.15) is 13.2 Å². The van der Waals surface area contributed by atoms with E-state index in [1.807, 2.05) is 0 Å². The van der Waals surface area contributed by atoms with Crippen LogP contribution in [0.2, 0.25) is 0 Å². The predicted molar refractivity (Wildman–Crippen MR) is 75.6 cm³/mol. The van der Waals surface area contributed by atoms with Crippen molar-refractivity contribution in [3.8, 4) is 0 Å². The van der Waals surface area contributed by atoms with Crippen LogP contribution in [-0.4, -0.2) is 48.2 Å². The third-order valence-corrected chi connectivity index (χ3v) is 4.15. The molecule has 1 amide bonds. The second-order valence-corrected chi connectivity index (χ2v) is 6.29. The number of halogens is 3. The van der Waals surface area contributed by atoms with Crippen LogP contribution in [0.15, 0.2) is 0 Å². The van der Waals surface area contributed by atoms with E-state index in [4.69, 9.17) is 0 Å². The van der Waals surface area contributed by atoms with E-state index in [1.54, 1.807) is 0 Å². The average molecular weight is 312 g/mol. The summed E-state index contributed by atoms with van der Waals surface area (Å²) in [5, 5.41) is 2.57. The largest absolute Gasteiger partial charge is 0.441 e. The fourth-order valence-corrected chi connectivity index (χ4v) is 2.86. The van der Waals surface area contributed by atoms with E-state index in [0.717, 1.165) is 38.9 Å². The van der Waals surface area contributed by atoms with Gasteiger partial charge < -0.3 is 10.2 Å². The number of carbonyl (C=O) groups is 1. The number of nitrogens with zero attached hydrogens (tertiary/aromatic N) is 1. The molecule has 0 saturated carbocycles. The molecule has 7 heteroatoms. The molecule has 1 fully saturated rings. The summed E-state index contributed by atoms with van der Waals surface area (Å²) in [4.78, 5) is 14.0. The lowest BCUT2D eigenvalue weighted by Gasteiger charge is -2.31. The number of amides is 1. The number of piperidine rings is 1. The van der Waals surface area contributed by atoms with Gasteiger partial charge in [-0.25, -0.2) is 0 Å². The Morgan fingerprint density at radius 2 is 2.00 bits per heavy atom. The Balaban J connectivity index is 2.08. The van der Waals surface area contributed by atoms with Crippen LogP contribution in [-0.2, 0) is 4.79 Å². The maximum atomic E-state index is 11.9. The molecule has 0 unspecified atom stereocenters. The zero-order valence-electron chi connectivity index (χ0n) is 11.8. The van der Waals surface area contributed by atoms with E-state index in [9.17, 15) is 18.0 Å². The van der Waals surface area contributed by atoms with Crippen molar-refractivity contribution in [2.45, 2.75) is 38.1 Å². The highest BCUT2D eigenvalue weighted by Gasteiger charge is 2.27. The van der Waals surface area contributed by atoms with Gasteiger partial charge >= 0.3 is 5.51 Å². The van der Waals surface area contributed by atoms with Crippen molar-refractivity contribution in [1.82, 2.24) is 10.2 Å². The summed E-state index contributed by atoms with van der Waals surface area (Å²) in [5.74, 6) is 0.129. The molecule has 118 valence electrons. The molecule has 1 N–H and O–H groups in total. The molecule has 1 saturated heterocycles. The molecular formula is C13H23F3N2OS. The normalized spacial score (nSPS) is 18.2. The van der Waals surface area contributed by atoms with Crippen molar-refractivity contribution < 1.29 is 18.0 Å². The Kier molecular flexibility index (Phi) is 7.72. The molecule has 0 aromatic heterocycles. The Morgan fingerprint density at radius 3 is 2.55 bits per heavy atom. The van der Waals surface area contributed by atoms with Crippen molar-refractivity contribution in [3.63, 3.8) is 0 Å². The molecular weight excluding hydrogens is 289 g/mol. The molecule has 0 spiro atoms. The van der Waals surface area contributed by atoms with Gasteiger partial charge in [-0.05, 0) is 56.6 Å². The van der Waals surface area contributed by atoms with Crippen molar-refractivity contribution in [2.75, 3.05) is 31.9 Å². The first-order valence-electron chi connectivity index (χ1n) is 7.10. The van der Waals surface area contributed by atoms with E-state index < -0.39 is 5.51 Å². The number of thioether (sulfide) groups is 1. The number of likely N-dealkylation sites (tertiary alicyclic amines) is 1. The summed E-state index contributed by atoms with van der Waals surface area (Å²) < 4.78 is 35.7. The molecule has 20 heavy (non-hydrogen) atoms. The van der Waals surface area contributed by atoms with Crippen molar-refractivity contribution in [2.24, 2.45) is 5.92 Å². The highest BCUT2D eigenvalue weighted by atomic mass is 32.2. The molecule has 0 radical (unpaired) electrons. The Morgan fingerprint density at radius 1 is 1.35 bits per heavy atom. The highest BCUT2D eigenvalue weighted by Crippen LogP contribution is 2.29. The summed E-state index contributed by atoms with van der Waals surface area (Å²) in [6.45, 7) is 5.38. The van der Waals surface area contributed by atoms with Gasteiger partial charge in [0.15, 0.2) is 0 Å². The van der Waals surface area contributed by atoms with Crippen molar-refractivity contribution in [3.05, 3.63) is 0 Å². The molecule has 0 aromatic carbocycles. The van der Waals surface area contributed by atoms with Gasteiger partial charge in [0.05, 0.1) is 0 Å². The smallest absolute Gasteiger partial charge is 0.355 e. The lowest BCUT2D eigenvalue weighted by atomic mass is 9.93. The van der Waals surface area contributed by atoms with Gasteiger partial charge in [0.2, 0.25) is 5.91 Å². The van der Waals surface area contributed by atoms with Crippen molar-refractivity contribution in [1.29, 1.82) is 0 Å². The first-order chi connectivity index (χ1) is 9.40. The van der Waals surface area contributed by atoms with Gasteiger partial charge in [0.25, 0.3) is 0 Å². The number of carbonyl (C=O) groups excluding carboxylic acids is 1. The predicted octanol–water partition coefficient (Wildman–Crippen LogP) is 2.87. The monoisotopic (exact) mass is 312 g/mol. The standard InChI is InChI=1S/C13H23F3N2OS/c1-2-6-18-7-3-11(4-8-18)10-12(19)17-5-9-20-13(14,15)16/h11H,2-10H2,1H3,(H,17,19). The maximum Gasteiger partial charge on any atom is 0.441 e. The van der Waals surface area contributed by atoms with E-state index in [1.165, 1.54) is 0 Å². The topological polar surface area (TPSA) is 32.3 Å². The molecule has 1 rings (SSSR count). The van der Waals surface area contributed by atoms with Crippen LogP contribution in [0.5, 0.6) is 0 Å². The first kappa shape index (κ1) is 17.6. The van der Waals surface area contributed by atoms with Gasteiger partial charge in [-0.1, -0.05) is 6.92 Å².